The Balaban J connectivity index is 1.25. The van der Waals surface area contributed by atoms with E-state index in [1.54, 1.807) is 30.9 Å². The first-order valence-corrected chi connectivity index (χ1v) is 13.7. The summed E-state index contributed by atoms with van der Waals surface area (Å²) >= 11 is 1.32. The largest absolute Gasteiger partial charge is 0.488 e. The van der Waals surface area contributed by atoms with E-state index in [4.69, 9.17) is 9.47 Å². The van der Waals surface area contributed by atoms with E-state index < -0.39 is 49.1 Å². The van der Waals surface area contributed by atoms with E-state index in [1.165, 1.54) is 16.7 Å². The molecule has 3 aromatic rings. The SMILES string of the molecule is Cc1sc2c(c1C)OC[C@@H](NC(F)(F)F)N(C(=O)CN1C(=O)OC3(CCc4cc(-c5cnn(C)c5)ccc43)C1=O)C2. The second kappa shape index (κ2) is 9.58. The van der Waals surface area contributed by atoms with Crippen molar-refractivity contribution in [1.29, 1.82) is 0 Å². The highest BCUT2D eigenvalue weighted by atomic mass is 32.1. The molecule has 41 heavy (non-hydrogen) atoms. The van der Waals surface area contributed by atoms with Crippen LogP contribution in [-0.4, -0.2) is 63.1 Å². The number of aryl methyl sites for hydroxylation is 3. The molecule has 10 nitrogen and oxygen atoms in total. The van der Waals surface area contributed by atoms with E-state index >= 15 is 0 Å². The Bertz CT molecular complexity index is 1580. The molecule has 1 fully saturated rings. The van der Waals surface area contributed by atoms with Crippen molar-refractivity contribution in [2.75, 3.05) is 13.2 Å². The first kappa shape index (κ1) is 27.3. The summed E-state index contributed by atoms with van der Waals surface area (Å²) < 4.78 is 53.1. The smallest absolute Gasteiger partial charge is 0.459 e. The van der Waals surface area contributed by atoms with Crippen molar-refractivity contribution in [2.24, 2.45) is 7.05 Å². The molecule has 6 rings (SSSR count). The highest BCUT2D eigenvalue weighted by Gasteiger charge is 2.58. The van der Waals surface area contributed by atoms with Gasteiger partial charge < -0.3 is 14.4 Å². The molecule has 3 amide bonds. The van der Waals surface area contributed by atoms with Crippen LogP contribution < -0.4 is 10.1 Å². The highest BCUT2D eigenvalue weighted by Crippen LogP contribution is 2.46. The van der Waals surface area contributed by atoms with Crippen molar-refractivity contribution in [3.63, 3.8) is 0 Å². The van der Waals surface area contributed by atoms with Gasteiger partial charge >= 0.3 is 12.4 Å². The fourth-order valence-electron chi connectivity index (χ4n) is 5.69. The van der Waals surface area contributed by atoms with Gasteiger partial charge in [-0.15, -0.1) is 11.3 Å². The van der Waals surface area contributed by atoms with Gasteiger partial charge in [0.1, 0.15) is 25.1 Å². The normalized spacial score (nSPS) is 22.0. The van der Waals surface area contributed by atoms with Crippen LogP contribution in [0.5, 0.6) is 5.75 Å². The molecular formula is C27H26F3N5O5S. The van der Waals surface area contributed by atoms with E-state index in [1.807, 2.05) is 25.3 Å². The van der Waals surface area contributed by atoms with Crippen molar-refractivity contribution in [2.45, 2.75) is 51.3 Å². The van der Waals surface area contributed by atoms with Crippen molar-refractivity contribution < 1.29 is 37.0 Å². The number of halogens is 3. The number of alkyl halides is 3. The molecule has 1 aliphatic carbocycles. The van der Waals surface area contributed by atoms with Gasteiger partial charge in [-0.25, -0.2) is 15.0 Å². The maximum Gasteiger partial charge on any atom is 0.459 e. The summed E-state index contributed by atoms with van der Waals surface area (Å²) in [5.41, 5.74) is 2.35. The number of thiophene rings is 1. The third-order valence-corrected chi connectivity index (χ3v) is 8.99. The predicted octanol–water partition coefficient (Wildman–Crippen LogP) is 3.74. The van der Waals surface area contributed by atoms with E-state index in [-0.39, 0.29) is 13.0 Å². The summed E-state index contributed by atoms with van der Waals surface area (Å²) in [6.45, 7) is 2.24. The lowest BCUT2D eigenvalue weighted by Gasteiger charge is -2.31. The Labute approximate surface area is 236 Å². The zero-order valence-corrected chi connectivity index (χ0v) is 23.2. The zero-order valence-electron chi connectivity index (χ0n) is 22.4. The van der Waals surface area contributed by atoms with Gasteiger partial charge in [-0.2, -0.15) is 18.3 Å². The van der Waals surface area contributed by atoms with Gasteiger partial charge in [-0.05, 0) is 31.4 Å². The minimum Gasteiger partial charge on any atom is -0.488 e. The van der Waals surface area contributed by atoms with E-state index in [0.717, 1.165) is 32.0 Å². The number of carbonyl (C=O) groups is 3. The lowest BCUT2D eigenvalue weighted by molar-refractivity contribution is -0.180. The molecule has 1 aromatic carbocycles. The lowest BCUT2D eigenvalue weighted by Crippen LogP contribution is -2.57. The van der Waals surface area contributed by atoms with Crippen LogP contribution in [0, 0.1) is 13.8 Å². The monoisotopic (exact) mass is 589 g/mol. The molecule has 0 radical (unpaired) electrons. The molecule has 1 N–H and O–H groups in total. The minimum absolute atomic E-state index is 0.177. The van der Waals surface area contributed by atoms with Crippen LogP contribution in [0.15, 0.2) is 30.6 Å². The van der Waals surface area contributed by atoms with Gasteiger partial charge in [-0.1, -0.05) is 18.2 Å². The number of benzene rings is 1. The van der Waals surface area contributed by atoms with Crippen molar-refractivity contribution in [1.82, 2.24) is 24.9 Å². The number of amides is 3. The van der Waals surface area contributed by atoms with Crippen LogP contribution in [0.1, 0.15) is 32.9 Å². The van der Waals surface area contributed by atoms with Gasteiger partial charge in [0.2, 0.25) is 11.5 Å². The van der Waals surface area contributed by atoms with Crippen LogP contribution in [0.3, 0.4) is 0 Å². The molecule has 1 unspecified atom stereocenters. The molecule has 14 heteroatoms. The number of nitrogens with zero attached hydrogens (tertiary/aromatic N) is 4. The van der Waals surface area contributed by atoms with E-state index in [2.05, 4.69) is 5.10 Å². The summed E-state index contributed by atoms with van der Waals surface area (Å²) in [6.07, 6.45) is -3.14. The number of hydrogen-bond acceptors (Lipinski definition) is 8. The maximum absolute atomic E-state index is 13.7. The molecule has 3 aliphatic rings. The molecule has 1 spiro atoms. The summed E-state index contributed by atoms with van der Waals surface area (Å²) in [6, 6.07) is 5.47. The number of imide groups is 1. The van der Waals surface area contributed by atoms with Crippen LogP contribution in [0.25, 0.3) is 11.1 Å². The number of nitrogens with one attached hydrogen (secondary N) is 1. The molecule has 0 bridgehead atoms. The standard InChI is InChI=1S/C27H26F3N5O5S/c1-14-15(2)41-20-11-34(21(13-39-23(14)20)32-27(28,29)30)22(36)12-35-24(37)26(40-25(35)38)7-6-17-8-16(4-5-19(17)26)18-9-31-33(3)10-18/h4-5,8-10,21,32H,6-7,11-13H2,1-3H3/t21-,26?/m0/s1. The Kier molecular flexibility index (Phi) is 6.37. The summed E-state index contributed by atoms with van der Waals surface area (Å²) in [4.78, 5) is 43.3. The Morgan fingerprint density at radius 2 is 2.02 bits per heavy atom. The van der Waals surface area contributed by atoms with Crippen molar-refractivity contribution >= 4 is 29.2 Å². The molecule has 2 aliphatic heterocycles. The fourth-order valence-corrected chi connectivity index (χ4v) is 6.81. The van der Waals surface area contributed by atoms with Crippen LogP contribution in [0.4, 0.5) is 18.0 Å². The van der Waals surface area contributed by atoms with Gasteiger partial charge in [0.15, 0.2) is 0 Å². The maximum atomic E-state index is 13.7. The molecule has 0 saturated carbocycles. The zero-order chi connectivity index (χ0) is 29.3. The minimum atomic E-state index is -4.80. The quantitative estimate of drug-likeness (QED) is 0.463. The number of fused-ring (bicyclic) bond motifs is 3. The molecule has 1 saturated heterocycles. The van der Waals surface area contributed by atoms with E-state index in [9.17, 15) is 27.6 Å². The lowest BCUT2D eigenvalue weighted by atomic mass is 9.93. The van der Waals surface area contributed by atoms with Crippen LogP contribution in [0.2, 0.25) is 0 Å². The van der Waals surface area contributed by atoms with Gasteiger partial charge in [0, 0.05) is 41.2 Å². The summed E-state index contributed by atoms with van der Waals surface area (Å²) in [5, 5.41) is 5.66. The van der Waals surface area contributed by atoms with Crippen LogP contribution >= 0.6 is 11.3 Å². The average Bonchev–Trinajstić information content (AvgIpc) is 3.60. The fraction of sp³-hybridized carbons (Fsp3) is 0.407. The van der Waals surface area contributed by atoms with Crippen LogP contribution in [-0.2, 0) is 39.9 Å². The Morgan fingerprint density at radius 1 is 1.24 bits per heavy atom. The first-order valence-electron chi connectivity index (χ1n) is 12.9. The third-order valence-electron chi connectivity index (χ3n) is 7.82. The highest BCUT2D eigenvalue weighted by molar-refractivity contribution is 7.12. The molecule has 216 valence electrons. The predicted molar refractivity (Wildman–Crippen MR) is 140 cm³/mol. The van der Waals surface area contributed by atoms with Crippen molar-refractivity contribution in [3.05, 3.63) is 57.0 Å². The van der Waals surface area contributed by atoms with Crippen molar-refractivity contribution in [3.8, 4) is 16.9 Å². The summed E-state index contributed by atoms with van der Waals surface area (Å²) in [7, 11) is 1.81. The average molecular weight is 590 g/mol. The van der Waals surface area contributed by atoms with Gasteiger partial charge in [0.05, 0.1) is 17.6 Å². The number of rotatable bonds is 4. The Hall–Kier alpha value is -3.91. The third kappa shape index (κ3) is 4.64. The number of hydrogen-bond donors (Lipinski definition) is 1. The second-order valence-electron chi connectivity index (χ2n) is 10.4. The van der Waals surface area contributed by atoms with Gasteiger partial charge in [-0.3, -0.25) is 14.3 Å². The number of carbonyl (C=O) groups excluding carboxylic acids is 3. The number of aromatic nitrogens is 2. The molecular weight excluding hydrogens is 563 g/mol. The van der Waals surface area contributed by atoms with E-state index in [0.29, 0.717) is 27.5 Å². The topological polar surface area (TPSA) is 106 Å². The number of ether oxygens (including phenoxy) is 2. The summed E-state index contributed by atoms with van der Waals surface area (Å²) in [5.74, 6) is -1.11. The molecule has 2 atom stereocenters. The second-order valence-corrected chi connectivity index (χ2v) is 11.7. The first-order chi connectivity index (χ1) is 19.4. The van der Waals surface area contributed by atoms with Gasteiger partial charge in [0.25, 0.3) is 5.91 Å². The molecule has 2 aromatic heterocycles. The molecule has 4 heterocycles. The Morgan fingerprint density at radius 3 is 2.73 bits per heavy atom.